The van der Waals surface area contributed by atoms with Crippen LogP contribution < -0.4 is 0 Å². The highest BCUT2D eigenvalue weighted by molar-refractivity contribution is 5.90. The zero-order valence-corrected chi connectivity index (χ0v) is 18.6. The number of aliphatic hydroxyl groups is 1. The first-order valence-electron chi connectivity index (χ1n) is 10.5. The summed E-state index contributed by atoms with van der Waals surface area (Å²) >= 11 is 0. The van der Waals surface area contributed by atoms with E-state index in [1.807, 2.05) is 6.92 Å². The van der Waals surface area contributed by atoms with Crippen LogP contribution in [-0.4, -0.2) is 67.4 Å². The van der Waals surface area contributed by atoms with E-state index in [1.54, 1.807) is 55.3 Å². The van der Waals surface area contributed by atoms with Crippen LogP contribution in [0, 0.1) is 18.8 Å². The number of carbonyl (C=O) groups is 2. The SMILES string of the molecule is CCOC(=O)c1cc(-n2cc(C)cn2)nc(-c2cccc(C#C[C@]3(O)CCN(C)C3=O)c2)n1. The molecule has 1 fully saturated rings. The smallest absolute Gasteiger partial charge is 0.357 e. The molecular formula is C24H23N5O4. The van der Waals surface area contributed by atoms with E-state index < -0.39 is 17.5 Å². The van der Waals surface area contributed by atoms with Crippen LogP contribution in [-0.2, 0) is 9.53 Å². The minimum atomic E-state index is -1.68. The summed E-state index contributed by atoms with van der Waals surface area (Å²) in [6.07, 6.45) is 3.74. The number of esters is 1. The fraction of sp³-hybridized carbons (Fsp3) is 0.292. The number of benzene rings is 1. The van der Waals surface area contributed by atoms with Crippen molar-refractivity contribution in [1.29, 1.82) is 0 Å². The van der Waals surface area contributed by atoms with Crippen LogP contribution in [0.4, 0.5) is 0 Å². The lowest BCUT2D eigenvalue weighted by Gasteiger charge is -2.13. The van der Waals surface area contributed by atoms with E-state index in [0.717, 1.165) is 5.56 Å². The third-order valence-corrected chi connectivity index (χ3v) is 5.19. The molecular weight excluding hydrogens is 422 g/mol. The predicted octanol–water partition coefficient (Wildman–Crippen LogP) is 1.76. The zero-order chi connectivity index (χ0) is 23.6. The average molecular weight is 445 g/mol. The lowest BCUT2D eigenvalue weighted by atomic mass is 10.0. The number of hydrogen-bond acceptors (Lipinski definition) is 7. The minimum Gasteiger partial charge on any atom is -0.461 e. The molecule has 9 nitrogen and oxygen atoms in total. The quantitative estimate of drug-likeness (QED) is 0.481. The summed E-state index contributed by atoms with van der Waals surface area (Å²) < 4.78 is 6.68. The Bertz CT molecular complexity index is 1290. The van der Waals surface area contributed by atoms with Gasteiger partial charge in [-0.05, 0) is 31.5 Å². The second-order valence-corrected chi connectivity index (χ2v) is 7.79. The summed E-state index contributed by atoms with van der Waals surface area (Å²) in [5.74, 6) is 5.33. The van der Waals surface area contributed by atoms with Gasteiger partial charge in [-0.1, -0.05) is 24.0 Å². The van der Waals surface area contributed by atoms with Crippen LogP contribution in [0.1, 0.15) is 35.0 Å². The minimum absolute atomic E-state index is 0.107. The molecule has 4 rings (SSSR count). The summed E-state index contributed by atoms with van der Waals surface area (Å²) in [5, 5.41) is 14.8. The van der Waals surface area contributed by atoms with Crippen molar-refractivity contribution in [3.05, 3.63) is 59.5 Å². The van der Waals surface area contributed by atoms with Crippen molar-refractivity contribution in [3.63, 3.8) is 0 Å². The maximum absolute atomic E-state index is 12.4. The van der Waals surface area contributed by atoms with Gasteiger partial charge in [-0.3, -0.25) is 4.79 Å². The Kier molecular flexibility index (Phi) is 5.94. The Morgan fingerprint density at radius 2 is 2.12 bits per heavy atom. The fourth-order valence-electron chi connectivity index (χ4n) is 3.41. The number of aromatic nitrogens is 4. The maximum Gasteiger partial charge on any atom is 0.357 e. The molecule has 3 heterocycles. The number of aryl methyl sites for hydroxylation is 1. The van der Waals surface area contributed by atoms with Crippen molar-refractivity contribution in [2.75, 3.05) is 20.2 Å². The molecule has 0 unspecified atom stereocenters. The van der Waals surface area contributed by atoms with Gasteiger partial charge in [-0.2, -0.15) is 5.10 Å². The predicted molar refractivity (Wildman–Crippen MR) is 119 cm³/mol. The molecule has 0 radical (unpaired) electrons. The average Bonchev–Trinajstić information content (AvgIpc) is 3.37. The van der Waals surface area contributed by atoms with Gasteiger partial charge in [0.05, 0.1) is 12.8 Å². The number of nitrogens with zero attached hydrogens (tertiary/aromatic N) is 5. The van der Waals surface area contributed by atoms with Gasteiger partial charge in [0.1, 0.15) is 0 Å². The number of rotatable bonds is 4. The Morgan fingerprint density at radius 3 is 2.79 bits per heavy atom. The summed E-state index contributed by atoms with van der Waals surface area (Å²) in [6, 6.07) is 8.58. The number of amides is 1. The van der Waals surface area contributed by atoms with Gasteiger partial charge in [-0.25, -0.2) is 19.4 Å². The molecule has 1 saturated heterocycles. The molecule has 0 aliphatic carbocycles. The Morgan fingerprint density at radius 1 is 1.30 bits per heavy atom. The summed E-state index contributed by atoms with van der Waals surface area (Å²) in [4.78, 5) is 35.0. The van der Waals surface area contributed by atoms with Crippen molar-refractivity contribution in [1.82, 2.24) is 24.6 Å². The van der Waals surface area contributed by atoms with Crippen LogP contribution >= 0.6 is 0 Å². The highest BCUT2D eigenvalue weighted by atomic mass is 16.5. The Labute approximate surface area is 191 Å². The monoisotopic (exact) mass is 445 g/mol. The van der Waals surface area contributed by atoms with Gasteiger partial charge in [0.25, 0.3) is 5.91 Å². The van der Waals surface area contributed by atoms with Crippen molar-refractivity contribution < 1.29 is 19.4 Å². The van der Waals surface area contributed by atoms with Crippen LogP contribution in [0.5, 0.6) is 0 Å². The molecule has 1 N–H and O–H groups in total. The number of carbonyl (C=O) groups excluding carboxylic acids is 2. The molecule has 1 aliphatic heterocycles. The van der Waals surface area contributed by atoms with Crippen LogP contribution in [0.3, 0.4) is 0 Å². The van der Waals surface area contributed by atoms with E-state index >= 15 is 0 Å². The lowest BCUT2D eigenvalue weighted by molar-refractivity contribution is -0.137. The molecule has 3 aromatic rings. The zero-order valence-electron chi connectivity index (χ0n) is 18.6. The van der Waals surface area contributed by atoms with Gasteiger partial charge in [0, 0.05) is 43.4 Å². The van der Waals surface area contributed by atoms with Crippen molar-refractivity contribution >= 4 is 11.9 Å². The van der Waals surface area contributed by atoms with E-state index in [-0.39, 0.29) is 18.7 Å². The standard InChI is InChI=1S/C24H23N5O4/c1-4-33-22(30)19-13-20(29-15-16(2)14-25-29)27-21(26-19)18-7-5-6-17(12-18)8-9-24(32)10-11-28(3)23(24)31/h5-7,12-15,32H,4,10-11H2,1-3H3/t24-/m0/s1. The first kappa shape index (κ1) is 22.2. The molecule has 1 aliphatic rings. The fourth-order valence-corrected chi connectivity index (χ4v) is 3.41. The molecule has 1 aromatic carbocycles. The molecule has 9 heteroatoms. The molecule has 0 bridgehead atoms. The molecule has 168 valence electrons. The lowest BCUT2D eigenvalue weighted by Crippen LogP contribution is -2.37. The Balaban J connectivity index is 1.73. The van der Waals surface area contributed by atoms with Crippen LogP contribution in [0.2, 0.25) is 0 Å². The Hall–Kier alpha value is -4.03. The molecule has 2 aromatic heterocycles. The summed E-state index contributed by atoms with van der Waals surface area (Å²) in [6.45, 7) is 4.30. The number of likely N-dealkylation sites (N-methyl/N-ethyl adjacent to an activating group) is 1. The van der Waals surface area contributed by atoms with Gasteiger partial charge in [-0.15, -0.1) is 0 Å². The van der Waals surface area contributed by atoms with Crippen LogP contribution in [0.25, 0.3) is 17.2 Å². The number of hydrogen-bond donors (Lipinski definition) is 1. The number of likely N-dealkylation sites (tertiary alicyclic amines) is 1. The first-order valence-corrected chi connectivity index (χ1v) is 10.5. The third-order valence-electron chi connectivity index (χ3n) is 5.19. The first-order chi connectivity index (χ1) is 15.8. The van der Waals surface area contributed by atoms with Gasteiger partial charge in [0.2, 0.25) is 5.60 Å². The van der Waals surface area contributed by atoms with Crippen molar-refractivity contribution in [2.45, 2.75) is 25.9 Å². The second kappa shape index (κ2) is 8.84. The molecule has 0 saturated carbocycles. The van der Waals surface area contributed by atoms with Gasteiger partial charge in [0.15, 0.2) is 17.3 Å². The van der Waals surface area contributed by atoms with Crippen molar-refractivity contribution in [2.24, 2.45) is 0 Å². The molecule has 0 spiro atoms. The topological polar surface area (TPSA) is 110 Å². The van der Waals surface area contributed by atoms with Gasteiger partial charge >= 0.3 is 5.97 Å². The van der Waals surface area contributed by atoms with E-state index in [9.17, 15) is 14.7 Å². The number of ether oxygens (including phenoxy) is 1. The van der Waals surface area contributed by atoms with E-state index in [0.29, 0.717) is 29.3 Å². The second-order valence-electron chi connectivity index (χ2n) is 7.79. The molecule has 1 atom stereocenters. The molecule has 33 heavy (non-hydrogen) atoms. The van der Waals surface area contributed by atoms with Gasteiger partial charge < -0.3 is 14.7 Å². The summed E-state index contributed by atoms with van der Waals surface area (Å²) in [7, 11) is 1.63. The molecule has 1 amide bonds. The third kappa shape index (κ3) is 4.61. The van der Waals surface area contributed by atoms with E-state index in [1.165, 1.54) is 11.0 Å². The van der Waals surface area contributed by atoms with E-state index in [4.69, 9.17) is 4.74 Å². The highest BCUT2D eigenvalue weighted by Gasteiger charge is 2.42. The normalized spacial score (nSPS) is 17.6. The summed E-state index contributed by atoms with van der Waals surface area (Å²) in [5.41, 5.74) is 0.548. The maximum atomic E-state index is 12.4. The van der Waals surface area contributed by atoms with Crippen LogP contribution in [0.15, 0.2) is 42.7 Å². The van der Waals surface area contributed by atoms with Crippen molar-refractivity contribution in [3.8, 4) is 29.0 Å². The largest absolute Gasteiger partial charge is 0.461 e. The highest BCUT2D eigenvalue weighted by Crippen LogP contribution is 2.22. The van der Waals surface area contributed by atoms with E-state index in [2.05, 4.69) is 26.9 Å².